The Hall–Kier alpha value is -2.08. The molecule has 0 aliphatic heterocycles. The zero-order valence-corrected chi connectivity index (χ0v) is 11.1. The number of rotatable bonds is 5. The van der Waals surface area contributed by atoms with Gasteiger partial charge in [0.2, 0.25) is 0 Å². The van der Waals surface area contributed by atoms with Gasteiger partial charge in [0.05, 0.1) is 18.6 Å². The standard InChI is InChI=1S/C12H13N3O3.ClH/c1-14-8-7-13-12(14)18-9-6-10-2-4-11(5-3-10)15(16)17;/h2-5,7-8H,6,9H2,1H3;1H. The molecule has 0 saturated carbocycles. The Morgan fingerprint density at radius 3 is 2.58 bits per heavy atom. The van der Waals surface area contributed by atoms with Crippen molar-refractivity contribution in [2.75, 3.05) is 6.61 Å². The van der Waals surface area contributed by atoms with Crippen LogP contribution in [0.2, 0.25) is 0 Å². The van der Waals surface area contributed by atoms with Crippen LogP contribution in [0.3, 0.4) is 0 Å². The van der Waals surface area contributed by atoms with E-state index in [1.54, 1.807) is 18.3 Å². The third-order valence-corrected chi connectivity index (χ3v) is 2.60. The molecule has 2 rings (SSSR count). The fourth-order valence-corrected chi connectivity index (χ4v) is 1.58. The van der Waals surface area contributed by atoms with Crippen LogP contribution in [0.1, 0.15) is 5.56 Å². The van der Waals surface area contributed by atoms with E-state index in [9.17, 15) is 10.1 Å². The molecule has 6 nitrogen and oxygen atoms in total. The number of nitro benzene ring substituents is 1. The number of hydrogen-bond acceptors (Lipinski definition) is 3. The van der Waals surface area contributed by atoms with Crippen molar-refractivity contribution in [2.45, 2.75) is 6.42 Å². The van der Waals surface area contributed by atoms with Gasteiger partial charge in [0.25, 0.3) is 5.69 Å². The topological polar surface area (TPSA) is 72.0 Å². The number of H-pyrrole nitrogens is 1. The Kier molecular flexibility index (Phi) is 5.32. The smallest absolute Gasteiger partial charge is 0.453 e. The molecule has 0 atom stereocenters. The summed E-state index contributed by atoms with van der Waals surface area (Å²) < 4.78 is 7.38. The number of imidazole rings is 1. The van der Waals surface area contributed by atoms with Gasteiger partial charge in [0.15, 0.2) is 0 Å². The molecule has 1 aromatic heterocycles. The Morgan fingerprint density at radius 2 is 2.05 bits per heavy atom. The minimum absolute atomic E-state index is 0. The summed E-state index contributed by atoms with van der Waals surface area (Å²) in [5.41, 5.74) is 1.12. The van der Waals surface area contributed by atoms with Gasteiger partial charge in [-0.2, -0.15) is 0 Å². The lowest BCUT2D eigenvalue weighted by Gasteiger charge is -2.01. The van der Waals surface area contributed by atoms with Crippen molar-refractivity contribution in [3.05, 3.63) is 52.3 Å². The third kappa shape index (κ3) is 3.96. The van der Waals surface area contributed by atoms with E-state index < -0.39 is 4.92 Å². The lowest BCUT2D eigenvalue weighted by Crippen LogP contribution is -3.00. The molecular weight excluding hydrogens is 270 g/mol. The highest BCUT2D eigenvalue weighted by molar-refractivity contribution is 5.32. The molecule has 0 aliphatic carbocycles. The van der Waals surface area contributed by atoms with Gasteiger partial charge in [0, 0.05) is 18.6 Å². The average Bonchev–Trinajstić information content (AvgIpc) is 2.76. The first-order valence-corrected chi connectivity index (χ1v) is 5.56. The van der Waals surface area contributed by atoms with Crippen LogP contribution in [0.25, 0.3) is 0 Å². The predicted octanol–water partition coefficient (Wildman–Crippen LogP) is -1.63. The quantitative estimate of drug-likeness (QED) is 0.407. The molecule has 1 N–H and O–H groups in total. The first-order chi connectivity index (χ1) is 8.66. The minimum atomic E-state index is -0.404. The van der Waals surface area contributed by atoms with Gasteiger partial charge in [-0.25, -0.2) is 9.55 Å². The van der Waals surface area contributed by atoms with Crippen LogP contribution >= 0.6 is 0 Å². The van der Waals surface area contributed by atoms with Gasteiger partial charge < -0.3 is 17.1 Å². The summed E-state index contributed by atoms with van der Waals surface area (Å²) in [5, 5.41) is 10.5. The number of benzene rings is 1. The molecule has 7 heteroatoms. The van der Waals surface area contributed by atoms with E-state index >= 15 is 0 Å². The first kappa shape index (κ1) is 15.0. The number of halogens is 1. The summed E-state index contributed by atoms with van der Waals surface area (Å²) in [6.45, 7) is 0.520. The van der Waals surface area contributed by atoms with Crippen molar-refractivity contribution in [2.24, 2.45) is 7.05 Å². The van der Waals surface area contributed by atoms with E-state index in [0.29, 0.717) is 19.0 Å². The van der Waals surface area contributed by atoms with E-state index in [-0.39, 0.29) is 18.1 Å². The normalized spacial score (nSPS) is 9.74. The summed E-state index contributed by atoms with van der Waals surface area (Å²) in [5.74, 6) is 0. The average molecular weight is 284 g/mol. The maximum absolute atomic E-state index is 10.5. The van der Waals surface area contributed by atoms with Crippen LogP contribution in [0.4, 0.5) is 5.69 Å². The lowest BCUT2D eigenvalue weighted by molar-refractivity contribution is -0.675. The number of hydrogen-bond donors (Lipinski definition) is 1. The van der Waals surface area contributed by atoms with Gasteiger partial charge in [-0.3, -0.25) is 10.1 Å². The fourth-order valence-electron chi connectivity index (χ4n) is 1.58. The van der Waals surface area contributed by atoms with Crippen molar-refractivity contribution in [1.29, 1.82) is 0 Å². The maximum atomic E-state index is 10.5. The molecule has 0 amide bonds. The fraction of sp³-hybridized carbons (Fsp3) is 0.250. The molecule has 0 fully saturated rings. The number of ether oxygens (including phenoxy) is 1. The number of aromatic amines is 1. The van der Waals surface area contributed by atoms with Crippen molar-refractivity contribution >= 4 is 5.69 Å². The third-order valence-electron chi connectivity index (χ3n) is 2.60. The molecule has 0 saturated heterocycles. The highest BCUT2D eigenvalue weighted by atomic mass is 35.5. The van der Waals surface area contributed by atoms with E-state index in [1.807, 2.05) is 17.8 Å². The van der Waals surface area contributed by atoms with Gasteiger partial charge >= 0.3 is 6.01 Å². The van der Waals surface area contributed by atoms with E-state index in [2.05, 4.69) is 4.98 Å². The van der Waals surface area contributed by atoms with Crippen molar-refractivity contribution < 1.29 is 26.6 Å². The minimum Gasteiger partial charge on any atom is -1.00 e. The summed E-state index contributed by atoms with van der Waals surface area (Å²) in [6.07, 6.45) is 4.36. The van der Waals surface area contributed by atoms with Crippen molar-refractivity contribution in [3.63, 3.8) is 0 Å². The van der Waals surface area contributed by atoms with E-state index in [4.69, 9.17) is 4.74 Å². The van der Waals surface area contributed by atoms with Gasteiger partial charge in [-0.15, -0.1) is 0 Å². The van der Waals surface area contributed by atoms with E-state index in [1.165, 1.54) is 12.1 Å². The molecular formula is C12H14ClN3O3. The number of aryl methyl sites for hydroxylation is 1. The van der Waals surface area contributed by atoms with Gasteiger partial charge in [0.1, 0.15) is 12.4 Å². The molecule has 1 aromatic carbocycles. The Labute approximate surface area is 116 Å². The number of nitrogens with zero attached hydrogens (tertiary/aromatic N) is 2. The van der Waals surface area contributed by atoms with Crippen LogP contribution in [-0.4, -0.2) is 16.5 Å². The zero-order chi connectivity index (χ0) is 13.0. The Morgan fingerprint density at radius 1 is 1.37 bits per heavy atom. The number of aromatic nitrogens is 2. The van der Waals surface area contributed by atoms with Crippen LogP contribution in [0.15, 0.2) is 36.7 Å². The van der Waals surface area contributed by atoms with Gasteiger partial charge in [-0.1, -0.05) is 12.1 Å². The van der Waals surface area contributed by atoms with Crippen LogP contribution in [0, 0.1) is 10.1 Å². The monoisotopic (exact) mass is 283 g/mol. The first-order valence-electron chi connectivity index (χ1n) is 5.56. The summed E-state index contributed by atoms with van der Waals surface area (Å²) >= 11 is 0. The maximum Gasteiger partial charge on any atom is 0.453 e. The highest BCUT2D eigenvalue weighted by Crippen LogP contribution is 2.12. The SMILES string of the molecule is C[n+]1cc[nH]c1OCCc1ccc([N+](=O)[O-])cc1.[Cl-]. The molecule has 0 aliphatic rings. The highest BCUT2D eigenvalue weighted by Gasteiger charge is 2.08. The summed E-state index contributed by atoms with van der Waals surface area (Å²) in [6, 6.07) is 7.19. The Bertz CT molecular complexity index is 539. The molecule has 102 valence electrons. The largest absolute Gasteiger partial charge is 1.00 e. The lowest BCUT2D eigenvalue weighted by atomic mass is 10.1. The Balaban J connectivity index is 0.00000180. The van der Waals surface area contributed by atoms with Crippen LogP contribution < -0.4 is 21.7 Å². The second kappa shape index (κ2) is 6.75. The van der Waals surface area contributed by atoms with Crippen LogP contribution in [-0.2, 0) is 13.5 Å². The predicted molar refractivity (Wildman–Crippen MR) is 64.3 cm³/mol. The molecule has 0 bridgehead atoms. The van der Waals surface area contributed by atoms with E-state index in [0.717, 1.165) is 5.56 Å². The van der Waals surface area contributed by atoms with Crippen molar-refractivity contribution in [3.8, 4) is 6.01 Å². The molecule has 0 radical (unpaired) electrons. The summed E-state index contributed by atoms with van der Waals surface area (Å²) in [4.78, 5) is 13.1. The van der Waals surface area contributed by atoms with Crippen molar-refractivity contribution in [1.82, 2.24) is 4.98 Å². The van der Waals surface area contributed by atoms with Gasteiger partial charge in [-0.05, 0) is 5.56 Å². The number of nitro groups is 1. The molecule has 2 aromatic rings. The molecule has 0 spiro atoms. The number of nitrogens with one attached hydrogen (secondary N) is 1. The zero-order valence-electron chi connectivity index (χ0n) is 10.4. The molecule has 19 heavy (non-hydrogen) atoms. The second-order valence-corrected chi connectivity index (χ2v) is 3.90. The summed E-state index contributed by atoms with van der Waals surface area (Å²) in [7, 11) is 1.89. The number of non-ortho nitro benzene ring substituents is 1. The molecule has 1 heterocycles. The van der Waals surface area contributed by atoms with Crippen LogP contribution in [0.5, 0.6) is 6.01 Å². The molecule has 0 unspecified atom stereocenters. The second-order valence-electron chi connectivity index (χ2n) is 3.90.